The molecule has 1 amide bonds. The van der Waals surface area contributed by atoms with E-state index in [-0.39, 0.29) is 17.8 Å². The summed E-state index contributed by atoms with van der Waals surface area (Å²) in [6.07, 6.45) is 4.85. The van der Waals surface area contributed by atoms with Crippen molar-refractivity contribution in [2.24, 2.45) is 11.0 Å². The molecule has 8 heteroatoms. The van der Waals surface area contributed by atoms with Gasteiger partial charge in [0.1, 0.15) is 5.75 Å². The number of hydrogen-bond donors (Lipinski definition) is 1. The Morgan fingerprint density at radius 3 is 2.77 bits per heavy atom. The molecule has 2 aliphatic rings. The average molecular weight is 496 g/mol. The summed E-state index contributed by atoms with van der Waals surface area (Å²) in [4.78, 5) is 24.7. The lowest BCUT2D eigenvalue weighted by Crippen LogP contribution is -2.27. The second-order valence-electron chi connectivity index (χ2n) is 8.87. The number of carbonyl (C=O) groups is 2. The molecule has 1 saturated heterocycles. The minimum atomic E-state index is -0.176. The number of amides is 1. The summed E-state index contributed by atoms with van der Waals surface area (Å²) in [6, 6.07) is 13.1. The number of nitrogens with one attached hydrogen (secondary N) is 1. The number of hydrazone groups is 1. The highest BCUT2D eigenvalue weighted by Gasteiger charge is 2.23. The molecule has 1 fully saturated rings. The van der Waals surface area contributed by atoms with Gasteiger partial charge in [-0.3, -0.25) is 14.6 Å². The zero-order valence-electron chi connectivity index (χ0n) is 20.2. The SMILES string of the molecule is CCCCOC(=O)CC1COc2cc(NC(=O)c3ccc(C=NN4CCSCC4)cc3)ccc2C1. The number of esters is 1. The summed E-state index contributed by atoms with van der Waals surface area (Å²) in [7, 11) is 0. The Hall–Kier alpha value is -3.00. The van der Waals surface area contributed by atoms with E-state index >= 15 is 0 Å². The number of hydrogen-bond acceptors (Lipinski definition) is 7. The van der Waals surface area contributed by atoms with Crippen molar-refractivity contribution in [1.29, 1.82) is 0 Å². The Morgan fingerprint density at radius 2 is 2.00 bits per heavy atom. The molecule has 0 saturated carbocycles. The summed E-state index contributed by atoms with van der Waals surface area (Å²) in [5, 5.41) is 9.56. The van der Waals surface area contributed by atoms with Gasteiger partial charge in [-0.05, 0) is 42.2 Å². The van der Waals surface area contributed by atoms with E-state index in [1.165, 1.54) is 0 Å². The minimum Gasteiger partial charge on any atom is -0.493 e. The van der Waals surface area contributed by atoms with Crippen LogP contribution in [0.15, 0.2) is 47.6 Å². The molecule has 2 aromatic carbocycles. The van der Waals surface area contributed by atoms with E-state index in [1.807, 2.05) is 60.4 Å². The molecule has 1 N–H and O–H groups in total. The minimum absolute atomic E-state index is 0.105. The maximum absolute atomic E-state index is 12.7. The third kappa shape index (κ3) is 7.49. The third-order valence-corrected chi connectivity index (χ3v) is 7.00. The first-order valence-electron chi connectivity index (χ1n) is 12.3. The largest absolute Gasteiger partial charge is 0.493 e. The number of rotatable bonds is 9. The van der Waals surface area contributed by atoms with Crippen molar-refractivity contribution in [2.75, 3.05) is 43.1 Å². The second-order valence-corrected chi connectivity index (χ2v) is 10.1. The fraction of sp³-hybridized carbons (Fsp3) is 0.444. The first-order valence-corrected chi connectivity index (χ1v) is 13.5. The lowest BCUT2D eigenvalue weighted by atomic mass is 9.94. The van der Waals surface area contributed by atoms with Crippen molar-refractivity contribution in [3.05, 3.63) is 59.2 Å². The smallest absolute Gasteiger partial charge is 0.306 e. The molecule has 35 heavy (non-hydrogen) atoms. The van der Waals surface area contributed by atoms with Gasteiger partial charge in [-0.25, -0.2) is 0 Å². The van der Waals surface area contributed by atoms with Gasteiger partial charge in [-0.15, -0.1) is 0 Å². The van der Waals surface area contributed by atoms with Crippen LogP contribution in [0.1, 0.15) is 47.7 Å². The van der Waals surface area contributed by atoms with E-state index in [0.29, 0.717) is 30.9 Å². The highest BCUT2D eigenvalue weighted by molar-refractivity contribution is 7.99. The monoisotopic (exact) mass is 495 g/mol. The fourth-order valence-corrected chi connectivity index (χ4v) is 4.89. The Kier molecular flexibility index (Phi) is 9.06. The van der Waals surface area contributed by atoms with Crippen LogP contribution < -0.4 is 10.1 Å². The number of unbranched alkanes of at least 4 members (excludes halogenated alkanes) is 1. The van der Waals surface area contributed by atoms with Crippen LogP contribution in [0, 0.1) is 5.92 Å². The normalized spacial score (nSPS) is 17.5. The quantitative estimate of drug-likeness (QED) is 0.311. The van der Waals surface area contributed by atoms with Gasteiger partial charge in [-0.2, -0.15) is 16.9 Å². The van der Waals surface area contributed by atoms with Gasteiger partial charge in [0.25, 0.3) is 5.91 Å². The number of benzene rings is 2. The predicted molar refractivity (Wildman–Crippen MR) is 141 cm³/mol. The van der Waals surface area contributed by atoms with Crippen LogP contribution >= 0.6 is 11.8 Å². The van der Waals surface area contributed by atoms with E-state index in [9.17, 15) is 9.59 Å². The molecule has 0 aliphatic carbocycles. The van der Waals surface area contributed by atoms with Crippen molar-refractivity contribution in [3.63, 3.8) is 0 Å². The number of thioether (sulfide) groups is 1. The van der Waals surface area contributed by atoms with Crippen LogP contribution in [0.3, 0.4) is 0 Å². The van der Waals surface area contributed by atoms with Crippen LogP contribution in [-0.2, 0) is 16.0 Å². The summed E-state index contributed by atoms with van der Waals surface area (Å²) in [6.45, 7) is 4.96. The van der Waals surface area contributed by atoms with Crippen molar-refractivity contribution in [2.45, 2.75) is 32.6 Å². The van der Waals surface area contributed by atoms with Gasteiger partial charge in [0.05, 0.1) is 25.8 Å². The van der Waals surface area contributed by atoms with E-state index in [0.717, 1.165) is 60.7 Å². The Morgan fingerprint density at radius 1 is 1.20 bits per heavy atom. The first kappa shape index (κ1) is 25.1. The van der Waals surface area contributed by atoms with Crippen LogP contribution in [0.2, 0.25) is 0 Å². The topological polar surface area (TPSA) is 80.2 Å². The van der Waals surface area contributed by atoms with Gasteiger partial charge < -0.3 is 14.8 Å². The van der Waals surface area contributed by atoms with E-state index < -0.39 is 0 Å². The number of ether oxygens (including phenoxy) is 2. The Balaban J connectivity index is 1.28. The molecular formula is C27H33N3O4S. The molecule has 4 rings (SSSR count). The summed E-state index contributed by atoms with van der Waals surface area (Å²) in [5.74, 6) is 2.73. The van der Waals surface area contributed by atoms with Crippen molar-refractivity contribution in [3.8, 4) is 5.75 Å². The Labute approximate surface area is 211 Å². The summed E-state index contributed by atoms with van der Waals surface area (Å²) < 4.78 is 11.2. The van der Waals surface area contributed by atoms with Crippen LogP contribution in [-0.4, -0.2) is 60.9 Å². The molecule has 1 atom stereocenters. The molecule has 1 unspecified atom stereocenters. The first-order chi connectivity index (χ1) is 17.1. The predicted octanol–water partition coefficient (Wildman–Crippen LogP) is 4.61. The number of fused-ring (bicyclic) bond motifs is 1. The second kappa shape index (κ2) is 12.6. The standard InChI is InChI=1S/C27H33N3O4S/c1-2-3-12-33-26(31)16-21-15-23-8-9-24(17-25(23)34-19-21)29-27(32)22-6-4-20(5-7-22)18-28-30-10-13-35-14-11-30/h4-9,17-18,21H,2-3,10-16,19H2,1H3,(H,29,32). The maximum atomic E-state index is 12.7. The van der Waals surface area contributed by atoms with Crippen molar-refractivity contribution in [1.82, 2.24) is 5.01 Å². The lowest BCUT2D eigenvalue weighted by molar-refractivity contribution is -0.145. The molecule has 0 bridgehead atoms. The van der Waals surface area contributed by atoms with Crippen LogP contribution in [0.5, 0.6) is 5.75 Å². The van der Waals surface area contributed by atoms with Gasteiger partial charge in [-0.1, -0.05) is 31.5 Å². The molecule has 7 nitrogen and oxygen atoms in total. The third-order valence-electron chi connectivity index (χ3n) is 6.05. The molecule has 0 aromatic heterocycles. The van der Waals surface area contributed by atoms with Gasteiger partial charge >= 0.3 is 5.97 Å². The summed E-state index contributed by atoms with van der Waals surface area (Å²) >= 11 is 1.95. The Bertz CT molecular complexity index is 1040. The number of anilines is 1. The van der Waals surface area contributed by atoms with Gasteiger partial charge in [0, 0.05) is 47.8 Å². The fourth-order valence-electron chi connectivity index (χ4n) is 4.01. The highest BCUT2D eigenvalue weighted by atomic mass is 32.2. The summed E-state index contributed by atoms with van der Waals surface area (Å²) in [5.41, 5.74) is 3.26. The number of nitrogens with zero attached hydrogens (tertiary/aromatic N) is 2. The zero-order valence-corrected chi connectivity index (χ0v) is 21.0. The van der Waals surface area contributed by atoms with E-state index in [2.05, 4.69) is 22.4 Å². The van der Waals surface area contributed by atoms with Gasteiger partial charge in [0.15, 0.2) is 0 Å². The maximum Gasteiger partial charge on any atom is 0.306 e. The lowest BCUT2D eigenvalue weighted by Gasteiger charge is -2.25. The molecule has 2 aliphatic heterocycles. The van der Waals surface area contributed by atoms with Crippen molar-refractivity contribution < 1.29 is 19.1 Å². The molecule has 186 valence electrons. The molecule has 2 aromatic rings. The molecule has 0 radical (unpaired) electrons. The zero-order chi connectivity index (χ0) is 24.5. The van der Waals surface area contributed by atoms with Crippen LogP contribution in [0.25, 0.3) is 0 Å². The van der Waals surface area contributed by atoms with Gasteiger partial charge in [0.2, 0.25) is 0 Å². The molecule has 0 spiro atoms. The molecular weight excluding hydrogens is 462 g/mol. The van der Waals surface area contributed by atoms with E-state index in [1.54, 1.807) is 0 Å². The molecule has 2 heterocycles. The van der Waals surface area contributed by atoms with Crippen LogP contribution in [0.4, 0.5) is 5.69 Å². The average Bonchev–Trinajstić information content (AvgIpc) is 2.88. The number of carbonyl (C=O) groups excluding carboxylic acids is 2. The van der Waals surface area contributed by atoms with Crippen molar-refractivity contribution >= 4 is 35.5 Å². The van der Waals surface area contributed by atoms with E-state index in [4.69, 9.17) is 9.47 Å². The highest BCUT2D eigenvalue weighted by Crippen LogP contribution is 2.31.